The van der Waals surface area contributed by atoms with Crippen molar-refractivity contribution in [3.8, 4) is 0 Å². The van der Waals surface area contributed by atoms with Gasteiger partial charge in [-0.1, -0.05) is 36.4 Å². The van der Waals surface area contributed by atoms with Gasteiger partial charge < -0.3 is 30.0 Å². The summed E-state index contributed by atoms with van der Waals surface area (Å²) in [6.07, 6.45) is 3.57. The number of rotatable bonds is 4. The fourth-order valence-electron chi connectivity index (χ4n) is 2.53. The van der Waals surface area contributed by atoms with Gasteiger partial charge in [0.15, 0.2) is 0 Å². The van der Waals surface area contributed by atoms with E-state index in [9.17, 15) is 29.4 Å². The van der Waals surface area contributed by atoms with E-state index in [2.05, 4.69) is 41.8 Å². The lowest BCUT2D eigenvalue weighted by Crippen LogP contribution is -2.24. The number of aromatic carboxylic acids is 4. The number of carboxylic acids is 4. The quantitative estimate of drug-likeness (QED) is 0.241. The minimum atomic E-state index is -1.48. The number of hydrogen-bond donors (Lipinski definition) is 4. The van der Waals surface area contributed by atoms with Crippen LogP contribution in [-0.4, -0.2) is 34.1 Å². The Kier molecular flexibility index (Phi) is 14.0. The summed E-state index contributed by atoms with van der Waals surface area (Å²) in [5, 5.41) is 37.8. The van der Waals surface area contributed by atoms with Gasteiger partial charge >= 0.3 is 11.9 Å². The molecule has 0 saturated carbocycles. The number of carboxylic acid groups (broad SMARTS) is 4. The molecule has 0 bridgehead atoms. The first kappa shape index (κ1) is 33.2. The van der Waals surface area contributed by atoms with Crippen molar-refractivity contribution in [1.82, 2.24) is 0 Å². The molecule has 8 N–H and O–H groups in total. The van der Waals surface area contributed by atoms with Crippen LogP contribution in [-0.2, 0) is 0 Å². The number of nitrogens with two attached hydrogens (primary N) is 2. The molecule has 4 rings (SSSR count). The number of aromatic amines is 2. The van der Waals surface area contributed by atoms with Crippen molar-refractivity contribution in [3.05, 3.63) is 116 Å². The number of nitrogen functional groups attached to an aromatic ring is 2. The summed E-state index contributed by atoms with van der Waals surface area (Å²) in [4.78, 5) is 47.2. The van der Waals surface area contributed by atoms with Crippen LogP contribution < -0.4 is 31.6 Å². The summed E-state index contributed by atoms with van der Waals surface area (Å²) >= 11 is 6.52. The predicted molar refractivity (Wildman–Crippen MR) is 146 cm³/mol. The largest absolute Gasteiger partial charge is 0.545 e. The lowest BCUT2D eigenvalue weighted by Gasteiger charge is -2.04. The average Bonchev–Trinajstić information content (AvgIpc) is 2.93. The summed E-state index contributed by atoms with van der Waals surface area (Å²) in [6.45, 7) is 0. The molecule has 0 spiro atoms. The molecule has 0 amide bonds. The maximum atomic E-state index is 10.4. The molecule has 0 unspecified atom stereocenters. The van der Waals surface area contributed by atoms with Crippen LogP contribution in [0, 0.1) is 0 Å². The maximum Gasteiger partial charge on any atom is 0.336 e. The van der Waals surface area contributed by atoms with Crippen LogP contribution in [0.4, 0.5) is 11.6 Å². The predicted octanol–water partition coefficient (Wildman–Crippen LogP) is 1.19. The zero-order chi connectivity index (χ0) is 30.2. The Morgan fingerprint density at radius 3 is 1.05 bits per heavy atom. The Hall–Kier alpha value is -4.82. The number of carbonyl (C=O) groups excluding carboxylic acids is 2. The Morgan fingerprint density at radius 1 is 0.575 bits per heavy atom. The van der Waals surface area contributed by atoms with Crippen LogP contribution >= 0.6 is 31.9 Å². The fraction of sp³-hybridized carbons (Fsp3) is 0. The highest BCUT2D eigenvalue weighted by Crippen LogP contribution is 2.08. The Bertz CT molecular complexity index is 1230. The molecule has 40 heavy (non-hydrogen) atoms. The van der Waals surface area contributed by atoms with E-state index in [1.54, 1.807) is 24.5 Å². The van der Waals surface area contributed by atoms with Gasteiger partial charge in [-0.3, -0.25) is 11.5 Å². The topological polar surface area (TPSA) is 235 Å². The smallest absolute Gasteiger partial charge is 0.336 e. The van der Waals surface area contributed by atoms with Gasteiger partial charge in [0.25, 0.3) is 11.6 Å². The lowest BCUT2D eigenvalue weighted by molar-refractivity contribution is -0.361. The Balaban J connectivity index is 0.000000271. The monoisotopic (exact) mass is 676 g/mol. The zero-order valence-corrected chi connectivity index (χ0v) is 23.5. The highest BCUT2D eigenvalue weighted by atomic mass is 79.9. The molecule has 2 heterocycles. The Morgan fingerprint density at radius 2 is 0.875 bits per heavy atom. The molecule has 0 radical (unpaired) electrons. The van der Waals surface area contributed by atoms with Gasteiger partial charge in [-0.05, 0) is 56.1 Å². The molecular weight excluding hydrogens is 656 g/mol. The van der Waals surface area contributed by atoms with Crippen molar-refractivity contribution in [2.75, 3.05) is 11.5 Å². The zero-order valence-electron chi connectivity index (χ0n) is 20.3. The number of aromatic nitrogens is 2. The average molecular weight is 678 g/mol. The van der Waals surface area contributed by atoms with Gasteiger partial charge in [-0.25, -0.2) is 19.6 Å². The standard InChI is InChI=1S/2C8H6O4.2C5H5BrN2/c2*9-7(10)5-3-1-2-4-6(5)8(11)12;2*6-4-1-2-5(7)8-3-4/h2*1-4H,(H,9,10)(H,11,12);2*1-3H,(H2,7,8). The fourth-order valence-corrected chi connectivity index (χ4v) is 3.02. The second kappa shape index (κ2) is 16.9. The number of hydrogen-bond acceptors (Lipinski definition) is 8. The molecule has 12 nitrogen and oxygen atoms in total. The van der Waals surface area contributed by atoms with Crippen molar-refractivity contribution in [1.29, 1.82) is 0 Å². The van der Waals surface area contributed by atoms with Gasteiger partial charge in [0, 0.05) is 23.3 Å². The minimum absolute atomic E-state index is 0.252. The molecule has 4 aromatic rings. The SMILES string of the molecule is Nc1ccc(Br)c[nH+]1.Nc1ccc(Br)c[nH+]1.O=C([O-])c1ccccc1C(=O)O.O=C([O-])c1ccccc1C(=O)O. The van der Waals surface area contributed by atoms with Crippen LogP contribution in [0.3, 0.4) is 0 Å². The summed E-state index contributed by atoms with van der Waals surface area (Å²) in [6, 6.07) is 18.0. The number of benzene rings is 2. The van der Waals surface area contributed by atoms with Crippen LogP contribution in [0.1, 0.15) is 41.4 Å². The molecule has 0 aliphatic carbocycles. The van der Waals surface area contributed by atoms with Gasteiger partial charge in [0.2, 0.25) is 0 Å². The third kappa shape index (κ3) is 12.1. The van der Waals surface area contributed by atoms with Crippen LogP contribution in [0.15, 0.2) is 94.1 Å². The first-order valence-corrected chi connectivity index (χ1v) is 12.3. The number of nitrogens with one attached hydrogen (secondary N) is 2. The molecule has 2 aromatic carbocycles. The maximum absolute atomic E-state index is 10.4. The van der Waals surface area contributed by atoms with E-state index in [-0.39, 0.29) is 22.3 Å². The molecule has 14 heteroatoms. The van der Waals surface area contributed by atoms with E-state index in [4.69, 9.17) is 21.7 Å². The number of carbonyl (C=O) groups is 4. The third-order valence-corrected chi connectivity index (χ3v) is 5.34. The number of H-pyrrole nitrogens is 2. The van der Waals surface area contributed by atoms with E-state index >= 15 is 0 Å². The molecule has 0 atom stereocenters. The van der Waals surface area contributed by atoms with E-state index < -0.39 is 23.9 Å². The van der Waals surface area contributed by atoms with Crippen molar-refractivity contribution in [2.45, 2.75) is 0 Å². The highest BCUT2D eigenvalue weighted by molar-refractivity contribution is 9.10. The molecule has 0 fully saturated rings. The van der Waals surface area contributed by atoms with E-state index in [1.165, 1.54) is 48.5 Å². The van der Waals surface area contributed by atoms with Crippen molar-refractivity contribution in [3.63, 3.8) is 0 Å². The van der Waals surface area contributed by atoms with Crippen molar-refractivity contribution >= 4 is 67.4 Å². The first-order chi connectivity index (χ1) is 18.8. The molecule has 2 aromatic heterocycles. The summed E-state index contributed by atoms with van der Waals surface area (Å²) in [7, 11) is 0. The van der Waals surface area contributed by atoms with E-state index in [0.717, 1.165) is 8.95 Å². The second-order valence-corrected chi connectivity index (χ2v) is 9.03. The molecule has 0 aliphatic heterocycles. The molecule has 208 valence electrons. The molecule has 0 aliphatic rings. The van der Waals surface area contributed by atoms with Gasteiger partial charge in [0.1, 0.15) is 12.4 Å². The lowest BCUT2D eigenvalue weighted by atomic mass is 10.1. The van der Waals surface area contributed by atoms with Crippen LogP contribution in [0.2, 0.25) is 0 Å². The van der Waals surface area contributed by atoms with Gasteiger partial charge in [-0.15, -0.1) is 0 Å². The second-order valence-electron chi connectivity index (χ2n) is 7.20. The Labute approximate surface area is 244 Å². The van der Waals surface area contributed by atoms with Crippen molar-refractivity contribution in [2.24, 2.45) is 0 Å². The minimum Gasteiger partial charge on any atom is -0.545 e. The number of pyridine rings is 2. The van der Waals surface area contributed by atoms with E-state index in [1.807, 2.05) is 12.1 Å². The molecule has 0 saturated heterocycles. The van der Waals surface area contributed by atoms with Gasteiger partial charge in [-0.2, -0.15) is 0 Å². The van der Waals surface area contributed by atoms with Crippen LogP contribution in [0.25, 0.3) is 0 Å². The first-order valence-electron chi connectivity index (χ1n) is 10.8. The highest BCUT2D eigenvalue weighted by Gasteiger charge is 2.09. The van der Waals surface area contributed by atoms with Crippen molar-refractivity contribution < 1.29 is 49.6 Å². The van der Waals surface area contributed by atoms with Crippen LogP contribution in [0.5, 0.6) is 0 Å². The summed E-state index contributed by atoms with van der Waals surface area (Å²) in [5.41, 5.74) is 9.59. The number of halogens is 2. The molecular formula is C26H22Br2N4O8. The van der Waals surface area contributed by atoms with E-state index in [0.29, 0.717) is 11.6 Å². The summed E-state index contributed by atoms with van der Waals surface area (Å²) in [5.74, 6) is -4.15. The third-order valence-electron chi connectivity index (χ3n) is 4.35. The normalized spacial score (nSPS) is 9.25. The van der Waals surface area contributed by atoms with Gasteiger partial charge in [0.05, 0.1) is 32.0 Å². The number of anilines is 2. The summed E-state index contributed by atoms with van der Waals surface area (Å²) < 4.78 is 2.01.